The minimum atomic E-state index is -0.988. The van der Waals surface area contributed by atoms with E-state index in [0.29, 0.717) is 37.7 Å². The number of carbonyl (C=O) groups is 3. The van der Waals surface area contributed by atoms with Gasteiger partial charge in [0.2, 0.25) is 0 Å². The monoisotopic (exact) mass is 301 g/mol. The molecule has 0 radical (unpaired) electrons. The number of carbonyl (C=O) groups excluding carboxylic acids is 3. The number of ether oxygens (including phenoxy) is 1. The molecule has 2 bridgehead atoms. The van der Waals surface area contributed by atoms with Crippen molar-refractivity contribution in [3.05, 3.63) is 35.9 Å². The number of benzene rings is 1. The largest absolute Gasteiger partial charge is 0.467 e. The van der Waals surface area contributed by atoms with E-state index in [4.69, 9.17) is 4.74 Å². The molecule has 116 valence electrons. The van der Waals surface area contributed by atoms with Gasteiger partial charge in [-0.25, -0.2) is 4.79 Å². The van der Waals surface area contributed by atoms with Crippen LogP contribution in [0, 0.1) is 0 Å². The Kier molecular flexibility index (Phi) is 3.72. The predicted octanol–water partition coefficient (Wildman–Crippen LogP) is 1.96. The number of rotatable bonds is 2. The number of methoxy groups -OCH3 is 1. The molecule has 1 aromatic rings. The topological polar surface area (TPSA) is 63.7 Å². The minimum Gasteiger partial charge on any atom is -0.467 e. The van der Waals surface area contributed by atoms with E-state index >= 15 is 0 Å². The van der Waals surface area contributed by atoms with Gasteiger partial charge in [-0.3, -0.25) is 9.59 Å². The molecule has 0 unspecified atom stereocenters. The Morgan fingerprint density at radius 1 is 1.23 bits per heavy atom. The fourth-order valence-electron chi connectivity index (χ4n) is 3.74. The third kappa shape index (κ3) is 2.12. The molecule has 2 fully saturated rings. The predicted molar refractivity (Wildman–Crippen MR) is 79.2 cm³/mol. The highest BCUT2D eigenvalue weighted by atomic mass is 16.5. The van der Waals surface area contributed by atoms with Gasteiger partial charge in [0.15, 0.2) is 5.78 Å². The molecule has 5 heteroatoms. The van der Waals surface area contributed by atoms with Crippen LogP contribution in [0.2, 0.25) is 0 Å². The van der Waals surface area contributed by atoms with Crippen molar-refractivity contribution < 1.29 is 19.1 Å². The third-order valence-corrected chi connectivity index (χ3v) is 4.79. The van der Waals surface area contributed by atoms with Gasteiger partial charge >= 0.3 is 5.97 Å². The third-order valence-electron chi connectivity index (χ3n) is 4.79. The molecule has 3 rings (SSSR count). The molecule has 0 aromatic heterocycles. The summed E-state index contributed by atoms with van der Waals surface area (Å²) < 4.78 is 4.97. The molecule has 0 N–H and O–H groups in total. The van der Waals surface area contributed by atoms with Gasteiger partial charge in [0.05, 0.1) is 13.2 Å². The number of fused-ring (bicyclic) bond motifs is 2. The van der Waals surface area contributed by atoms with Crippen molar-refractivity contribution >= 4 is 17.7 Å². The zero-order valence-corrected chi connectivity index (χ0v) is 12.6. The Morgan fingerprint density at radius 3 is 2.64 bits per heavy atom. The summed E-state index contributed by atoms with van der Waals surface area (Å²) in [7, 11) is 1.34. The maximum Gasteiger partial charge on any atom is 0.331 e. The number of hydrogen-bond donors (Lipinski definition) is 0. The molecule has 1 amide bonds. The van der Waals surface area contributed by atoms with Gasteiger partial charge in [-0.2, -0.15) is 0 Å². The molecule has 2 saturated heterocycles. The number of Topliss-reactive ketones (excluding diaryl/α,β-unsaturated/α-hetero) is 1. The van der Waals surface area contributed by atoms with Crippen molar-refractivity contribution in [2.24, 2.45) is 0 Å². The number of nitrogens with zero attached hydrogens (tertiary/aromatic N) is 1. The molecule has 0 aliphatic carbocycles. The first-order valence-corrected chi connectivity index (χ1v) is 7.60. The van der Waals surface area contributed by atoms with Crippen molar-refractivity contribution in [2.75, 3.05) is 7.11 Å². The molecule has 2 atom stereocenters. The van der Waals surface area contributed by atoms with Crippen molar-refractivity contribution in [1.82, 2.24) is 4.90 Å². The highest BCUT2D eigenvalue weighted by Crippen LogP contribution is 2.43. The van der Waals surface area contributed by atoms with E-state index < -0.39 is 17.6 Å². The lowest BCUT2D eigenvalue weighted by Gasteiger charge is -2.36. The van der Waals surface area contributed by atoms with Gasteiger partial charge in [-0.05, 0) is 37.8 Å². The van der Waals surface area contributed by atoms with Crippen LogP contribution in [0.5, 0.6) is 0 Å². The summed E-state index contributed by atoms with van der Waals surface area (Å²) in [4.78, 5) is 39.2. The molecule has 1 aromatic carbocycles. The highest BCUT2D eigenvalue weighted by molar-refractivity contribution is 6.02. The van der Waals surface area contributed by atoms with Gasteiger partial charge in [-0.15, -0.1) is 0 Å². The van der Waals surface area contributed by atoms with E-state index in [-0.39, 0.29) is 11.7 Å². The van der Waals surface area contributed by atoms with E-state index in [1.165, 1.54) is 12.0 Å². The fourth-order valence-corrected chi connectivity index (χ4v) is 3.74. The summed E-state index contributed by atoms with van der Waals surface area (Å²) in [5.41, 5.74) is -0.490. The Bertz CT molecular complexity index is 612. The van der Waals surface area contributed by atoms with Crippen LogP contribution in [-0.2, 0) is 14.3 Å². The van der Waals surface area contributed by atoms with Crippen LogP contribution in [-0.4, -0.2) is 41.3 Å². The van der Waals surface area contributed by atoms with Crippen molar-refractivity contribution in [2.45, 2.75) is 43.7 Å². The average molecular weight is 301 g/mol. The smallest absolute Gasteiger partial charge is 0.331 e. The summed E-state index contributed by atoms with van der Waals surface area (Å²) in [6.07, 6.45) is 2.55. The second-order valence-corrected chi connectivity index (χ2v) is 5.94. The van der Waals surface area contributed by atoms with Crippen LogP contribution >= 0.6 is 0 Å². The number of hydrogen-bond acceptors (Lipinski definition) is 4. The summed E-state index contributed by atoms with van der Waals surface area (Å²) in [6, 6.07) is 8.30. The Labute approximate surface area is 129 Å². The highest BCUT2D eigenvalue weighted by Gasteiger charge is 2.57. The standard InChI is InChI=1S/C17H19NO4/c1-22-16(21)17-10-5-8-14(19)13(9-11-17)18(17)15(20)12-6-3-2-4-7-12/h2-4,6-7,13H,5,8-11H2,1H3/t13-,17-/m1/s1. The van der Waals surface area contributed by atoms with Crippen LogP contribution in [0.1, 0.15) is 42.5 Å². The average Bonchev–Trinajstić information content (AvgIpc) is 2.87. The van der Waals surface area contributed by atoms with Crippen LogP contribution < -0.4 is 0 Å². The summed E-state index contributed by atoms with van der Waals surface area (Å²) in [5, 5.41) is 0. The van der Waals surface area contributed by atoms with Crippen LogP contribution in [0.25, 0.3) is 0 Å². The van der Waals surface area contributed by atoms with E-state index in [0.717, 1.165) is 0 Å². The minimum absolute atomic E-state index is 0.0487. The molecule has 0 spiro atoms. The maximum atomic E-state index is 13.0. The fraction of sp³-hybridized carbons (Fsp3) is 0.471. The van der Waals surface area contributed by atoms with Crippen LogP contribution in [0.3, 0.4) is 0 Å². The van der Waals surface area contributed by atoms with E-state index in [2.05, 4.69) is 0 Å². The zero-order valence-electron chi connectivity index (χ0n) is 12.6. The molecule has 2 aliphatic rings. The van der Waals surface area contributed by atoms with E-state index in [1.807, 2.05) is 6.07 Å². The first-order valence-electron chi connectivity index (χ1n) is 7.60. The molecule has 2 aliphatic heterocycles. The van der Waals surface area contributed by atoms with Crippen molar-refractivity contribution in [3.63, 3.8) is 0 Å². The Morgan fingerprint density at radius 2 is 1.95 bits per heavy atom. The van der Waals surface area contributed by atoms with Crippen LogP contribution in [0.4, 0.5) is 0 Å². The molecular formula is C17H19NO4. The second kappa shape index (κ2) is 5.55. The lowest BCUT2D eigenvalue weighted by atomic mass is 9.88. The lowest BCUT2D eigenvalue weighted by molar-refractivity contribution is -0.153. The van der Waals surface area contributed by atoms with Gasteiger partial charge in [0.1, 0.15) is 5.54 Å². The SMILES string of the molecule is COC(=O)[C@@]12CCCC(=O)[C@@H](CC1)N2C(=O)c1ccccc1. The number of esters is 1. The number of ketones is 1. The molecule has 2 heterocycles. The first kappa shape index (κ1) is 14.8. The second-order valence-electron chi connectivity index (χ2n) is 5.94. The lowest BCUT2D eigenvalue weighted by Crippen LogP contribution is -2.56. The normalized spacial score (nSPS) is 27.4. The molecular weight excluding hydrogens is 282 g/mol. The Balaban J connectivity index is 2.06. The van der Waals surface area contributed by atoms with Crippen molar-refractivity contribution in [3.8, 4) is 0 Å². The summed E-state index contributed by atoms with van der Waals surface area (Å²) in [5.74, 6) is -0.620. The quantitative estimate of drug-likeness (QED) is 0.783. The molecule has 5 nitrogen and oxygen atoms in total. The van der Waals surface area contributed by atoms with Gasteiger partial charge < -0.3 is 9.64 Å². The van der Waals surface area contributed by atoms with E-state index in [9.17, 15) is 14.4 Å². The maximum absolute atomic E-state index is 13.0. The van der Waals surface area contributed by atoms with Gasteiger partial charge in [0, 0.05) is 12.0 Å². The summed E-state index contributed by atoms with van der Waals surface area (Å²) in [6.45, 7) is 0. The molecule has 22 heavy (non-hydrogen) atoms. The van der Waals surface area contributed by atoms with E-state index in [1.54, 1.807) is 24.3 Å². The number of amides is 1. The first-order chi connectivity index (χ1) is 10.6. The van der Waals surface area contributed by atoms with Crippen molar-refractivity contribution in [1.29, 1.82) is 0 Å². The zero-order chi connectivity index (χ0) is 15.7. The molecule has 0 saturated carbocycles. The van der Waals surface area contributed by atoms with Gasteiger partial charge in [0.25, 0.3) is 5.91 Å². The Hall–Kier alpha value is -2.17. The summed E-state index contributed by atoms with van der Waals surface area (Å²) >= 11 is 0. The van der Waals surface area contributed by atoms with Crippen LogP contribution in [0.15, 0.2) is 30.3 Å². The van der Waals surface area contributed by atoms with Gasteiger partial charge in [-0.1, -0.05) is 18.2 Å².